The molecule has 0 spiro atoms. The number of benzene rings is 2. The standard InChI is InChI=1S/C22H19ClF2N4O4.C17H18ClN3O5.C16H16ClN3O5.C11H9Cl2NO4.C6H5F2N.2C6H10N2O.C5H8O2.C4H9NSi/c23-17-16(20(31)27-12-3-4-13(24)14(25)10-12)15-2-1-7-29(15)18(17)19(30)21(32)28-22(11-26)5-8-33-9-6-22;1-25-16(24)11-10-3-2-6-21(10)13(12(11)18)14(22)15(23)20-17(9-19)4-7-26-8-5-17;17-11-10(15(23)24)9-2-1-5-20(9)12(11)13(21)14(22)19-16(8-18)3-6-25-7-4-16;1-18-11(17)6-5-3-2-4-14(5)8(7(6)12)9(15)10(13)16;7-5-2-1-4(9)3-6(5)8;2*7-5-6(8)1-3-9-4-2-6;6-5-1-3-7-4-2-5;1-6(2,3)4-5/h3-4,10H,1-2,5-9H2,(H,27,31)(H,28,32);2-8H2,1H3,(H,20,23);1-7H2,(H,19,22)(H,23,24);2-4H2,1H3;1-3H,9H2;2*1-4,8H2;1-4H2;1-3H3. The summed E-state index contributed by atoms with van der Waals surface area (Å²) in [5, 5.41) is 71.2. The number of Topliss-reactive ketones (excluding diaryl/α,β-unsaturated/α-hetero) is 5. The molecule has 4 aromatic heterocycles. The van der Waals surface area contributed by atoms with Crippen molar-refractivity contribution in [1.82, 2.24) is 34.2 Å². The van der Waals surface area contributed by atoms with Crippen LogP contribution in [0.5, 0.6) is 0 Å². The number of carboxylic acids is 1. The van der Waals surface area contributed by atoms with E-state index in [4.69, 9.17) is 124 Å². The lowest BCUT2D eigenvalue weighted by Gasteiger charge is -2.31. The number of aromatic nitrogens is 4. The first-order chi connectivity index (χ1) is 67.3. The number of methoxy groups -OCH3 is 2. The van der Waals surface area contributed by atoms with Gasteiger partial charge in [-0.2, -0.15) is 26.3 Å². The average molecular weight is 2090 g/mol. The van der Waals surface area contributed by atoms with E-state index in [-0.39, 0.29) is 115 Å². The first-order valence-corrected chi connectivity index (χ1v) is 50.1. The highest BCUT2D eigenvalue weighted by molar-refractivity contribution is 6.83. The molecular formula is C93H104Cl5F4N17O22Si. The van der Waals surface area contributed by atoms with Crippen molar-refractivity contribution in [3.05, 3.63) is 148 Å². The molecule has 6 fully saturated rings. The summed E-state index contributed by atoms with van der Waals surface area (Å²) < 4.78 is 97.0. The first kappa shape index (κ1) is 115. The van der Waals surface area contributed by atoms with Crippen LogP contribution in [-0.2, 0) is 114 Å². The minimum absolute atomic E-state index is 0.00360. The fraction of sp³-hybridized carbons (Fsp3) is 0.495. The number of hydrogen-bond donors (Lipinski definition) is 8. The molecule has 16 rings (SSSR count). The lowest BCUT2D eigenvalue weighted by atomic mass is 9.91. The Kier molecular flexibility index (Phi) is 42.2. The van der Waals surface area contributed by atoms with E-state index in [2.05, 4.69) is 56.0 Å². The van der Waals surface area contributed by atoms with Gasteiger partial charge in [-0.15, -0.1) is 0 Å². The number of nitriles is 6. The van der Waals surface area contributed by atoms with Crippen molar-refractivity contribution < 1.29 is 123 Å². The van der Waals surface area contributed by atoms with Gasteiger partial charge < -0.3 is 99.7 Å². The molecular weight excluding hydrogens is 1990 g/mol. The van der Waals surface area contributed by atoms with Crippen LogP contribution in [-0.4, -0.2) is 228 Å². The number of nitrogens with two attached hydrogens (primary N) is 3. The number of carboxylic acid groups (broad SMARTS) is 1. The summed E-state index contributed by atoms with van der Waals surface area (Å²) in [5.41, 5.74) is 16.1. The largest absolute Gasteiger partial charge is 0.478 e. The zero-order valence-electron chi connectivity index (χ0n) is 78.0. The molecule has 2 aromatic carbocycles. The highest BCUT2D eigenvalue weighted by Crippen LogP contribution is 2.40. The van der Waals surface area contributed by atoms with Crippen LogP contribution < -0.4 is 38.5 Å². The second-order valence-electron chi connectivity index (χ2n) is 34.6. The van der Waals surface area contributed by atoms with Gasteiger partial charge in [0, 0.05) is 215 Å². The summed E-state index contributed by atoms with van der Waals surface area (Å²) in [6.07, 6.45) is 10.5. The number of nitrogens with one attached hydrogen (secondary N) is 4. The topological polar surface area (TPSA) is 605 Å². The molecule has 6 saturated heterocycles. The van der Waals surface area contributed by atoms with E-state index in [1.807, 2.05) is 25.7 Å². The molecule has 0 bridgehead atoms. The van der Waals surface area contributed by atoms with Crippen LogP contribution in [0.4, 0.5) is 28.9 Å². The van der Waals surface area contributed by atoms with Gasteiger partial charge in [0.15, 0.2) is 31.3 Å². The van der Waals surface area contributed by atoms with Gasteiger partial charge in [-0.05, 0) is 93.3 Å². The molecule has 0 saturated carbocycles. The highest BCUT2D eigenvalue weighted by atomic mass is 35.5. The molecule has 14 heterocycles. The maximum absolute atomic E-state index is 13.5. The smallest absolute Gasteiger partial charge is 0.341 e. The van der Waals surface area contributed by atoms with Crippen molar-refractivity contribution in [3.8, 4) is 36.0 Å². The summed E-state index contributed by atoms with van der Waals surface area (Å²) in [6.45, 7) is 13.5. The predicted octanol–water partition coefficient (Wildman–Crippen LogP) is 10.6. The Morgan fingerprint density at radius 3 is 0.979 bits per heavy atom. The Balaban J connectivity index is 0.000000206. The Morgan fingerprint density at radius 2 is 0.711 bits per heavy atom. The van der Waals surface area contributed by atoms with Crippen molar-refractivity contribution in [2.24, 2.45) is 11.5 Å². The molecule has 760 valence electrons. The van der Waals surface area contributed by atoms with Crippen molar-refractivity contribution in [2.45, 2.75) is 202 Å². The van der Waals surface area contributed by atoms with Gasteiger partial charge in [-0.1, -0.05) is 66.0 Å². The number of aromatic carboxylic acids is 1. The molecule has 10 aliphatic rings. The number of amides is 4. The van der Waals surface area contributed by atoms with Crippen LogP contribution in [0.15, 0.2) is 36.4 Å². The van der Waals surface area contributed by atoms with E-state index >= 15 is 0 Å². The van der Waals surface area contributed by atoms with E-state index in [9.17, 15) is 101 Å². The number of esters is 2. The summed E-state index contributed by atoms with van der Waals surface area (Å²) in [4.78, 5) is 157. The molecule has 0 unspecified atom stereocenters. The third kappa shape index (κ3) is 29.2. The van der Waals surface area contributed by atoms with Gasteiger partial charge >= 0.3 is 17.9 Å². The Hall–Kier alpha value is -12.3. The molecule has 0 aliphatic carbocycles. The number of halogens is 9. The first-order valence-electron chi connectivity index (χ1n) is 44.7. The number of hydrogen-bond acceptors (Lipinski definition) is 30. The summed E-state index contributed by atoms with van der Waals surface area (Å²) in [5.74, 6) is -13.4. The Morgan fingerprint density at radius 1 is 0.423 bits per heavy atom. The Labute approximate surface area is 838 Å². The van der Waals surface area contributed by atoms with Gasteiger partial charge in [0.2, 0.25) is 0 Å². The van der Waals surface area contributed by atoms with Crippen LogP contribution in [0.25, 0.3) is 0 Å². The third-order valence-electron chi connectivity index (χ3n) is 23.8. The van der Waals surface area contributed by atoms with Gasteiger partial charge in [0.25, 0.3) is 52.0 Å². The lowest BCUT2D eigenvalue weighted by Crippen LogP contribution is -2.53. The van der Waals surface area contributed by atoms with Gasteiger partial charge in [0.05, 0.1) is 100 Å². The van der Waals surface area contributed by atoms with Gasteiger partial charge in [-0.3, -0.25) is 47.9 Å². The Bertz CT molecular complexity index is 6020. The summed E-state index contributed by atoms with van der Waals surface area (Å²) in [6, 6.07) is 16.5. The molecule has 142 heavy (non-hydrogen) atoms. The van der Waals surface area contributed by atoms with Crippen molar-refractivity contribution in [1.29, 1.82) is 31.6 Å². The van der Waals surface area contributed by atoms with Crippen LogP contribution >= 0.6 is 58.0 Å². The number of nitrogens with zero attached hydrogens (tertiary/aromatic N) is 10. The van der Waals surface area contributed by atoms with E-state index in [1.54, 1.807) is 9.13 Å². The summed E-state index contributed by atoms with van der Waals surface area (Å²) in [7, 11) is 1.13. The zero-order chi connectivity index (χ0) is 105. The SMILES string of the molecule is COC(=O)c1c(Cl)c(C(=O)C(=O)Cl)n2c1CCC2.COC(=O)c1c(Cl)c(C(=O)C(=O)NC2(C#N)CCOCC2)n2c1CCC2.C[Si](C)(C)C#N.N#CC1(N)CCOCC1.N#CC1(N)CCOCC1.N#CC1(NC(=O)C(=O)c2c(Cl)c(C(=O)Nc3ccc(F)c(F)c3)c3n2CCC3)CCOCC1.N#CC1(NC(=O)C(=O)c2c(Cl)c(C(=O)O)c3n2CCC3)CCOCC1.Nc1ccc(F)c(F)c1.O=C1CCOCC1. The monoisotopic (exact) mass is 2090 g/mol. The van der Waals surface area contributed by atoms with Crippen LogP contribution in [0.1, 0.15) is 209 Å². The fourth-order valence-electron chi connectivity index (χ4n) is 15.9. The predicted molar refractivity (Wildman–Crippen MR) is 503 cm³/mol. The van der Waals surface area contributed by atoms with Gasteiger partial charge in [-0.25, -0.2) is 37.2 Å². The number of carbonyl (C=O) groups excluding carboxylic acids is 12. The van der Waals surface area contributed by atoms with E-state index in [0.717, 1.165) is 37.1 Å². The number of anilines is 2. The maximum atomic E-state index is 13.5. The summed E-state index contributed by atoms with van der Waals surface area (Å²) >= 11 is 30.0. The van der Waals surface area contributed by atoms with Crippen molar-refractivity contribution in [2.75, 3.05) is 105 Å². The second kappa shape index (κ2) is 52.1. The average Bonchev–Trinajstić information content (AvgIpc) is 1.62. The van der Waals surface area contributed by atoms with E-state index in [1.165, 1.54) is 35.5 Å². The van der Waals surface area contributed by atoms with E-state index in [0.29, 0.717) is 211 Å². The molecule has 6 aromatic rings. The molecule has 11 N–H and O–H groups in total. The number of nitrogen functional groups attached to an aromatic ring is 1. The maximum Gasteiger partial charge on any atom is 0.341 e. The lowest BCUT2D eigenvalue weighted by molar-refractivity contribution is -0.124. The van der Waals surface area contributed by atoms with Gasteiger partial charge in [0.1, 0.15) is 56.3 Å². The quantitative estimate of drug-likeness (QED) is 0.00848. The minimum atomic E-state index is -1.33. The molecule has 0 atom stereocenters. The van der Waals surface area contributed by atoms with Crippen molar-refractivity contribution >= 4 is 153 Å². The normalized spacial score (nSPS) is 17.3. The van der Waals surface area contributed by atoms with Crippen LogP contribution in [0.2, 0.25) is 39.7 Å². The molecule has 39 nitrogen and oxygen atoms in total. The number of rotatable bonds is 16. The van der Waals surface area contributed by atoms with E-state index < -0.39 is 129 Å². The van der Waals surface area contributed by atoms with Crippen LogP contribution in [0, 0.1) is 90.9 Å². The number of ether oxygens (including phenoxy) is 8. The zero-order valence-corrected chi connectivity index (χ0v) is 82.8. The second-order valence-corrected chi connectivity index (χ2v) is 41.2. The number of ketones is 5. The highest BCUT2D eigenvalue weighted by Gasteiger charge is 2.45. The van der Waals surface area contributed by atoms with Crippen LogP contribution in [0.3, 0.4) is 0 Å². The minimum Gasteiger partial charge on any atom is -0.478 e. The molecule has 0 radical (unpaired) electrons. The number of carbonyl (C=O) groups is 13. The molecule has 49 heteroatoms. The van der Waals surface area contributed by atoms with Crippen molar-refractivity contribution in [3.63, 3.8) is 0 Å². The molecule has 10 aliphatic heterocycles. The molecule has 4 amide bonds. The third-order valence-corrected chi connectivity index (χ3v) is 26.1. The number of fused-ring (bicyclic) bond motifs is 4. The fourth-order valence-corrected chi connectivity index (χ4v) is 17.5.